The maximum Gasteiger partial charge on any atom is 0.390 e. The number of hydrogen-bond donors (Lipinski definition) is 1. The third-order valence-electron chi connectivity index (χ3n) is 2.52. The Hall–Kier alpha value is -0.780. The standard InChI is InChI=1S/C9H15F3N2O/c1-14(5-3-9(10,11)12)8(15)7-2-4-13-6-7/h7,13H,2-6H2,1H3. The van der Waals surface area contributed by atoms with Gasteiger partial charge in [0.15, 0.2) is 0 Å². The van der Waals surface area contributed by atoms with Gasteiger partial charge in [0.25, 0.3) is 0 Å². The highest BCUT2D eigenvalue weighted by Crippen LogP contribution is 2.20. The normalized spacial score (nSPS) is 21.7. The van der Waals surface area contributed by atoms with Crippen LogP contribution in [-0.2, 0) is 4.79 Å². The van der Waals surface area contributed by atoms with Crippen LogP contribution in [0.15, 0.2) is 0 Å². The first-order valence-electron chi connectivity index (χ1n) is 4.92. The number of carbonyl (C=O) groups excluding carboxylic acids is 1. The van der Waals surface area contributed by atoms with E-state index in [1.165, 1.54) is 11.9 Å². The number of carbonyl (C=O) groups is 1. The summed E-state index contributed by atoms with van der Waals surface area (Å²) < 4.78 is 35.7. The molecule has 15 heavy (non-hydrogen) atoms. The van der Waals surface area contributed by atoms with Gasteiger partial charge in [-0.25, -0.2) is 0 Å². The van der Waals surface area contributed by atoms with Crippen molar-refractivity contribution in [2.75, 3.05) is 26.7 Å². The number of nitrogens with one attached hydrogen (secondary N) is 1. The zero-order valence-electron chi connectivity index (χ0n) is 8.60. The second kappa shape index (κ2) is 4.83. The van der Waals surface area contributed by atoms with Crippen LogP contribution < -0.4 is 5.32 Å². The molecule has 1 atom stereocenters. The van der Waals surface area contributed by atoms with Gasteiger partial charge in [0.2, 0.25) is 5.91 Å². The Morgan fingerprint density at radius 2 is 2.20 bits per heavy atom. The third-order valence-corrected chi connectivity index (χ3v) is 2.52. The first-order chi connectivity index (χ1) is 6.90. The van der Waals surface area contributed by atoms with Crippen molar-refractivity contribution in [3.8, 4) is 0 Å². The van der Waals surface area contributed by atoms with E-state index in [9.17, 15) is 18.0 Å². The van der Waals surface area contributed by atoms with Crippen LogP contribution in [0.3, 0.4) is 0 Å². The molecule has 1 heterocycles. The van der Waals surface area contributed by atoms with Gasteiger partial charge in [0.1, 0.15) is 0 Å². The highest BCUT2D eigenvalue weighted by molar-refractivity contribution is 5.79. The smallest absolute Gasteiger partial charge is 0.345 e. The molecule has 1 amide bonds. The zero-order chi connectivity index (χ0) is 11.5. The molecule has 0 aromatic rings. The van der Waals surface area contributed by atoms with Gasteiger partial charge in [-0.05, 0) is 13.0 Å². The van der Waals surface area contributed by atoms with Crippen molar-refractivity contribution >= 4 is 5.91 Å². The fourth-order valence-corrected chi connectivity index (χ4v) is 1.58. The first kappa shape index (κ1) is 12.3. The largest absolute Gasteiger partial charge is 0.390 e. The molecule has 1 aliphatic rings. The summed E-state index contributed by atoms with van der Waals surface area (Å²) in [6.45, 7) is 1.09. The SMILES string of the molecule is CN(CCC(F)(F)F)C(=O)C1CCNC1. The monoisotopic (exact) mass is 224 g/mol. The fraction of sp³-hybridized carbons (Fsp3) is 0.889. The van der Waals surface area contributed by atoms with Crippen LogP contribution in [0.25, 0.3) is 0 Å². The van der Waals surface area contributed by atoms with Gasteiger partial charge in [0.05, 0.1) is 12.3 Å². The highest BCUT2D eigenvalue weighted by atomic mass is 19.4. The number of alkyl halides is 3. The Morgan fingerprint density at radius 1 is 1.53 bits per heavy atom. The second-order valence-electron chi connectivity index (χ2n) is 3.81. The summed E-state index contributed by atoms with van der Waals surface area (Å²) in [6.07, 6.45) is -4.41. The molecule has 1 rings (SSSR count). The molecule has 1 unspecified atom stereocenters. The van der Waals surface area contributed by atoms with E-state index < -0.39 is 12.6 Å². The molecule has 1 fully saturated rings. The Balaban J connectivity index is 2.32. The van der Waals surface area contributed by atoms with Crippen molar-refractivity contribution in [2.24, 2.45) is 5.92 Å². The van der Waals surface area contributed by atoms with Crippen LogP contribution in [-0.4, -0.2) is 43.7 Å². The molecule has 0 aromatic carbocycles. The van der Waals surface area contributed by atoms with Crippen LogP contribution in [0.4, 0.5) is 13.2 Å². The summed E-state index contributed by atoms with van der Waals surface area (Å²) in [5.41, 5.74) is 0. The highest BCUT2D eigenvalue weighted by Gasteiger charge is 2.30. The molecule has 0 aliphatic carbocycles. The summed E-state index contributed by atoms with van der Waals surface area (Å²) in [5.74, 6) is -0.340. The van der Waals surface area contributed by atoms with Gasteiger partial charge in [-0.15, -0.1) is 0 Å². The number of rotatable bonds is 3. The van der Waals surface area contributed by atoms with Crippen LogP contribution in [0.5, 0.6) is 0 Å². The molecule has 3 nitrogen and oxygen atoms in total. The molecule has 0 saturated carbocycles. The minimum absolute atomic E-state index is 0.150. The summed E-state index contributed by atoms with van der Waals surface area (Å²) >= 11 is 0. The lowest BCUT2D eigenvalue weighted by molar-refractivity contribution is -0.145. The topological polar surface area (TPSA) is 32.3 Å². The number of nitrogens with zero attached hydrogens (tertiary/aromatic N) is 1. The Bertz CT molecular complexity index is 224. The molecule has 0 bridgehead atoms. The molecule has 0 radical (unpaired) electrons. The van der Waals surface area contributed by atoms with Crippen molar-refractivity contribution in [1.29, 1.82) is 0 Å². The number of hydrogen-bond acceptors (Lipinski definition) is 2. The van der Waals surface area contributed by atoms with E-state index in [1.807, 2.05) is 0 Å². The van der Waals surface area contributed by atoms with E-state index in [4.69, 9.17) is 0 Å². The van der Waals surface area contributed by atoms with E-state index in [2.05, 4.69) is 5.32 Å². The fourth-order valence-electron chi connectivity index (χ4n) is 1.58. The van der Waals surface area contributed by atoms with Crippen molar-refractivity contribution in [1.82, 2.24) is 10.2 Å². The van der Waals surface area contributed by atoms with Crippen LogP contribution in [0.1, 0.15) is 12.8 Å². The van der Waals surface area contributed by atoms with Gasteiger partial charge < -0.3 is 10.2 Å². The van der Waals surface area contributed by atoms with Crippen LogP contribution >= 0.6 is 0 Å². The Morgan fingerprint density at radius 3 is 2.67 bits per heavy atom. The minimum atomic E-state index is -4.19. The molecule has 0 spiro atoms. The summed E-state index contributed by atoms with van der Waals surface area (Å²) in [5, 5.41) is 3.01. The minimum Gasteiger partial charge on any atom is -0.345 e. The van der Waals surface area contributed by atoms with E-state index in [0.717, 1.165) is 13.0 Å². The molecular weight excluding hydrogens is 209 g/mol. The predicted octanol–water partition coefficient (Wildman–Crippen LogP) is 1.01. The van der Waals surface area contributed by atoms with E-state index in [-0.39, 0.29) is 18.4 Å². The molecule has 1 saturated heterocycles. The average Bonchev–Trinajstić information content (AvgIpc) is 2.64. The van der Waals surface area contributed by atoms with Crippen molar-refractivity contribution < 1.29 is 18.0 Å². The molecule has 0 aromatic heterocycles. The lowest BCUT2D eigenvalue weighted by Crippen LogP contribution is -2.36. The number of amides is 1. The quantitative estimate of drug-likeness (QED) is 0.775. The molecule has 6 heteroatoms. The lowest BCUT2D eigenvalue weighted by Gasteiger charge is -2.21. The third kappa shape index (κ3) is 4.07. The predicted molar refractivity (Wildman–Crippen MR) is 49.3 cm³/mol. The summed E-state index contributed by atoms with van der Waals surface area (Å²) in [7, 11) is 1.42. The Kier molecular flexibility index (Phi) is 3.96. The van der Waals surface area contributed by atoms with Crippen LogP contribution in [0.2, 0.25) is 0 Å². The van der Waals surface area contributed by atoms with Crippen molar-refractivity contribution in [2.45, 2.75) is 19.0 Å². The van der Waals surface area contributed by atoms with Gasteiger partial charge >= 0.3 is 6.18 Å². The summed E-state index contributed by atoms with van der Waals surface area (Å²) in [4.78, 5) is 12.8. The summed E-state index contributed by atoms with van der Waals surface area (Å²) in [6, 6.07) is 0. The van der Waals surface area contributed by atoms with E-state index in [0.29, 0.717) is 6.54 Å². The van der Waals surface area contributed by atoms with Crippen LogP contribution in [0, 0.1) is 5.92 Å². The maximum absolute atomic E-state index is 11.9. The number of halogens is 3. The van der Waals surface area contributed by atoms with E-state index >= 15 is 0 Å². The average molecular weight is 224 g/mol. The molecular formula is C9H15F3N2O. The van der Waals surface area contributed by atoms with E-state index in [1.54, 1.807) is 0 Å². The maximum atomic E-state index is 11.9. The molecule has 1 N–H and O–H groups in total. The van der Waals surface area contributed by atoms with Crippen molar-refractivity contribution in [3.63, 3.8) is 0 Å². The van der Waals surface area contributed by atoms with Gasteiger partial charge in [-0.2, -0.15) is 13.2 Å². The second-order valence-corrected chi connectivity index (χ2v) is 3.81. The lowest BCUT2D eigenvalue weighted by atomic mass is 10.1. The van der Waals surface area contributed by atoms with Gasteiger partial charge in [0, 0.05) is 20.1 Å². The van der Waals surface area contributed by atoms with Crippen molar-refractivity contribution in [3.05, 3.63) is 0 Å². The van der Waals surface area contributed by atoms with Gasteiger partial charge in [-0.3, -0.25) is 4.79 Å². The Labute approximate surface area is 86.6 Å². The van der Waals surface area contributed by atoms with Gasteiger partial charge in [-0.1, -0.05) is 0 Å². The molecule has 88 valence electrons. The zero-order valence-corrected chi connectivity index (χ0v) is 8.60. The molecule has 1 aliphatic heterocycles. The first-order valence-corrected chi connectivity index (χ1v) is 4.92.